The zero-order valence-corrected chi connectivity index (χ0v) is 11.5. The normalized spacial score (nSPS) is 10.2. The van der Waals surface area contributed by atoms with Crippen LogP contribution in [0.15, 0.2) is 22.7 Å². The van der Waals surface area contributed by atoms with Crippen molar-refractivity contribution in [2.45, 2.75) is 13.5 Å². The van der Waals surface area contributed by atoms with E-state index in [0.29, 0.717) is 23.9 Å². The van der Waals surface area contributed by atoms with E-state index in [4.69, 9.17) is 14.0 Å². The molecule has 0 aliphatic rings. The SMILES string of the molecule is COc1ccc(CNC(=O)c2nc(C)no2)cc1OC. The molecule has 0 spiro atoms. The fourth-order valence-corrected chi connectivity index (χ4v) is 1.64. The first kappa shape index (κ1) is 13.9. The van der Waals surface area contributed by atoms with Gasteiger partial charge < -0.3 is 19.3 Å². The Kier molecular flexibility index (Phi) is 4.19. The Bertz CT molecular complexity index is 609. The van der Waals surface area contributed by atoms with E-state index in [-0.39, 0.29) is 5.89 Å². The van der Waals surface area contributed by atoms with Gasteiger partial charge in [0.15, 0.2) is 17.3 Å². The first-order chi connectivity index (χ1) is 9.63. The second kappa shape index (κ2) is 6.05. The van der Waals surface area contributed by atoms with Crippen molar-refractivity contribution in [3.05, 3.63) is 35.5 Å². The number of nitrogens with zero attached hydrogens (tertiary/aromatic N) is 2. The number of rotatable bonds is 5. The van der Waals surface area contributed by atoms with Crippen molar-refractivity contribution in [2.75, 3.05) is 14.2 Å². The Labute approximate surface area is 115 Å². The Morgan fingerprint density at radius 3 is 2.65 bits per heavy atom. The van der Waals surface area contributed by atoms with Gasteiger partial charge >= 0.3 is 11.8 Å². The topological polar surface area (TPSA) is 86.5 Å². The van der Waals surface area contributed by atoms with E-state index in [0.717, 1.165) is 5.56 Å². The molecule has 0 saturated heterocycles. The summed E-state index contributed by atoms with van der Waals surface area (Å²) in [4.78, 5) is 15.6. The minimum Gasteiger partial charge on any atom is -0.493 e. The van der Waals surface area contributed by atoms with Crippen molar-refractivity contribution in [2.24, 2.45) is 0 Å². The predicted molar refractivity (Wildman–Crippen MR) is 69.8 cm³/mol. The monoisotopic (exact) mass is 277 g/mol. The van der Waals surface area contributed by atoms with Crippen molar-refractivity contribution >= 4 is 5.91 Å². The van der Waals surface area contributed by atoms with Gasteiger partial charge in [-0.25, -0.2) is 0 Å². The van der Waals surface area contributed by atoms with Crippen molar-refractivity contribution in [1.82, 2.24) is 15.5 Å². The van der Waals surface area contributed by atoms with Gasteiger partial charge in [-0.15, -0.1) is 0 Å². The maximum Gasteiger partial charge on any atom is 0.315 e. The second-order valence-corrected chi connectivity index (χ2v) is 4.02. The van der Waals surface area contributed by atoms with Gasteiger partial charge in [0.25, 0.3) is 0 Å². The summed E-state index contributed by atoms with van der Waals surface area (Å²) in [6.45, 7) is 1.97. The molecule has 1 amide bonds. The molecule has 0 aliphatic heterocycles. The maximum atomic E-state index is 11.7. The van der Waals surface area contributed by atoms with E-state index in [2.05, 4.69) is 15.5 Å². The van der Waals surface area contributed by atoms with Gasteiger partial charge in [0.2, 0.25) is 0 Å². The van der Waals surface area contributed by atoms with Crippen LogP contribution in [0.5, 0.6) is 11.5 Å². The van der Waals surface area contributed by atoms with Crippen LogP contribution in [-0.4, -0.2) is 30.3 Å². The minimum atomic E-state index is -0.416. The molecule has 0 atom stereocenters. The smallest absolute Gasteiger partial charge is 0.315 e. The highest BCUT2D eigenvalue weighted by Crippen LogP contribution is 2.27. The van der Waals surface area contributed by atoms with Crippen LogP contribution in [0.2, 0.25) is 0 Å². The molecule has 0 aliphatic carbocycles. The summed E-state index contributed by atoms with van der Waals surface area (Å²) in [5, 5.41) is 6.25. The highest BCUT2D eigenvalue weighted by atomic mass is 16.5. The third kappa shape index (κ3) is 3.05. The predicted octanol–water partition coefficient (Wildman–Crippen LogP) is 1.33. The minimum absolute atomic E-state index is 0.0528. The number of hydrogen-bond acceptors (Lipinski definition) is 6. The summed E-state index contributed by atoms with van der Waals surface area (Å²) in [5.41, 5.74) is 0.868. The quantitative estimate of drug-likeness (QED) is 0.887. The third-order valence-electron chi connectivity index (χ3n) is 2.62. The number of amides is 1. The zero-order valence-electron chi connectivity index (χ0n) is 11.5. The van der Waals surface area contributed by atoms with Crippen LogP contribution in [0.3, 0.4) is 0 Å². The fraction of sp³-hybridized carbons (Fsp3) is 0.308. The Morgan fingerprint density at radius 2 is 2.05 bits per heavy atom. The summed E-state index contributed by atoms with van der Waals surface area (Å²) < 4.78 is 15.1. The van der Waals surface area contributed by atoms with Crippen LogP contribution in [0.25, 0.3) is 0 Å². The third-order valence-corrected chi connectivity index (χ3v) is 2.62. The van der Waals surface area contributed by atoms with E-state index in [1.165, 1.54) is 0 Å². The van der Waals surface area contributed by atoms with Crippen LogP contribution in [-0.2, 0) is 6.54 Å². The van der Waals surface area contributed by atoms with Crippen LogP contribution in [0.4, 0.5) is 0 Å². The van der Waals surface area contributed by atoms with Crippen molar-refractivity contribution < 1.29 is 18.8 Å². The molecule has 1 aromatic carbocycles. The van der Waals surface area contributed by atoms with Gasteiger partial charge in [-0.3, -0.25) is 4.79 Å². The summed E-state index contributed by atoms with van der Waals surface area (Å²) in [5.74, 6) is 1.19. The first-order valence-corrected chi connectivity index (χ1v) is 5.93. The molecule has 7 nitrogen and oxygen atoms in total. The van der Waals surface area contributed by atoms with E-state index in [1.54, 1.807) is 33.3 Å². The van der Waals surface area contributed by atoms with Crippen LogP contribution >= 0.6 is 0 Å². The van der Waals surface area contributed by atoms with E-state index < -0.39 is 5.91 Å². The number of methoxy groups -OCH3 is 2. The van der Waals surface area contributed by atoms with Crippen molar-refractivity contribution in [3.63, 3.8) is 0 Å². The van der Waals surface area contributed by atoms with Crippen LogP contribution in [0.1, 0.15) is 22.1 Å². The van der Waals surface area contributed by atoms with Gasteiger partial charge in [0, 0.05) is 6.54 Å². The number of nitrogens with one attached hydrogen (secondary N) is 1. The highest BCUT2D eigenvalue weighted by molar-refractivity contribution is 5.89. The summed E-state index contributed by atoms with van der Waals surface area (Å²) in [6.07, 6.45) is 0. The largest absolute Gasteiger partial charge is 0.493 e. The standard InChI is InChI=1S/C13H15N3O4/c1-8-15-13(20-16-8)12(17)14-7-9-4-5-10(18-2)11(6-9)19-3/h4-6H,7H2,1-3H3,(H,14,17). The lowest BCUT2D eigenvalue weighted by Crippen LogP contribution is -2.23. The lowest BCUT2D eigenvalue weighted by atomic mass is 10.2. The fourth-order valence-electron chi connectivity index (χ4n) is 1.64. The molecule has 0 fully saturated rings. The molecule has 0 saturated carbocycles. The summed E-state index contributed by atoms with van der Waals surface area (Å²) in [7, 11) is 3.12. The number of aryl methyl sites for hydroxylation is 1. The molecule has 106 valence electrons. The van der Waals surface area contributed by atoms with Gasteiger partial charge in [0.05, 0.1) is 14.2 Å². The maximum absolute atomic E-state index is 11.7. The van der Waals surface area contributed by atoms with Gasteiger partial charge in [-0.2, -0.15) is 4.98 Å². The molecule has 2 rings (SSSR count). The lowest BCUT2D eigenvalue weighted by molar-refractivity contribution is 0.0907. The first-order valence-electron chi connectivity index (χ1n) is 5.93. The molecular weight excluding hydrogens is 262 g/mol. The summed E-state index contributed by atoms with van der Waals surface area (Å²) in [6, 6.07) is 5.40. The van der Waals surface area contributed by atoms with Crippen LogP contribution in [0, 0.1) is 6.92 Å². The molecule has 1 heterocycles. The second-order valence-electron chi connectivity index (χ2n) is 4.02. The van der Waals surface area contributed by atoms with E-state index in [9.17, 15) is 4.79 Å². The Morgan fingerprint density at radius 1 is 1.30 bits per heavy atom. The number of carbonyl (C=O) groups excluding carboxylic acids is 1. The number of hydrogen-bond donors (Lipinski definition) is 1. The molecular formula is C13H15N3O4. The van der Waals surface area contributed by atoms with E-state index >= 15 is 0 Å². The Balaban J connectivity index is 2.02. The molecule has 20 heavy (non-hydrogen) atoms. The molecule has 1 N–H and O–H groups in total. The molecule has 2 aromatic rings. The number of ether oxygens (including phenoxy) is 2. The van der Waals surface area contributed by atoms with Crippen LogP contribution < -0.4 is 14.8 Å². The van der Waals surface area contributed by atoms with Gasteiger partial charge in [-0.1, -0.05) is 11.2 Å². The molecule has 1 aromatic heterocycles. The van der Waals surface area contributed by atoms with Crippen molar-refractivity contribution in [3.8, 4) is 11.5 Å². The molecule has 0 unspecified atom stereocenters. The highest BCUT2D eigenvalue weighted by Gasteiger charge is 2.13. The Hall–Kier alpha value is -2.57. The molecule has 0 bridgehead atoms. The van der Waals surface area contributed by atoms with E-state index in [1.807, 2.05) is 6.07 Å². The summed E-state index contributed by atoms with van der Waals surface area (Å²) >= 11 is 0. The number of benzene rings is 1. The average Bonchev–Trinajstić information content (AvgIpc) is 2.91. The van der Waals surface area contributed by atoms with Gasteiger partial charge in [0.1, 0.15) is 0 Å². The molecule has 7 heteroatoms. The molecule has 0 radical (unpaired) electrons. The average molecular weight is 277 g/mol. The lowest BCUT2D eigenvalue weighted by Gasteiger charge is -2.09. The number of aromatic nitrogens is 2. The zero-order chi connectivity index (χ0) is 14.5. The van der Waals surface area contributed by atoms with Gasteiger partial charge in [-0.05, 0) is 24.6 Å². The van der Waals surface area contributed by atoms with Crippen molar-refractivity contribution in [1.29, 1.82) is 0 Å². The number of carbonyl (C=O) groups is 1.